The van der Waals surface area contributed by atoms with Gasteiger partial charge in [0.1, 0.15) is 6.61 Å². The van der Waals surface area contributed by atoms with Crippen LogP contribution in [0.15, 0.2) is 11.6 Å². The Hall–Kier alpha value is -0.830. The molecule has 3 nitrogen and oxygen atoms in total. The lowest BCUT2D eigenvalue weighted by Crippen LogP contribution is -2.07. The monoisotopic (exact) mass is 198 g/mol. The number of fused-ring (bicyclic) bond motifs is 2. The summed E-state index contributed by atoms with van der Waals surface area (Å²) in [6.07, 6.45) is 8.18. The summed E-state index contributed by atoms with van der Waals surface area (Å²) in [5.41, 5.74) is 1.74. The van der Waals surface area contributed by atoms with Crippen LogP contribution >= 0.6 is 0 Å². The lowest BCUT2D eigenvalue weighted by Gasteiger charge is -1.98. The van der Waals surface area contributed by atoms with Crippen LogP contribution in [0.3, 0.4) is 0 Å². The summed E-state index contributed by atoms with van der Waals surface area (Å²) in [4.78, 5) is 10.1. The Kier molecular flexibility index (Phi) is 4.66. The van der Waals surface area contributed by atoms with Crippen molar-refractivity contribution < 1.29 is 14.3 Å². The van der Waals surface area contributed by atoms with Crippen molar-refractivity contribution in [1.82, 2.24) is 0 Å². The number of carbonyl (C=O) groups excluding carboxylic acids is 1. The standard InChI is InChI=1S/C7H10.C4H8O3/c1-2-7-4-3-6(1)5-7;1-6-3-4(5)7-2/h1,7H,2-5H2;3H2,1-2H3. The molecule has 2 rings (SSSR count). The smallest absolute Gasteiger partial charge is 0.331 e. The number of methoxy groups -OCH3 is 2. The Morgan fingerprint density at radius 1 is 1.57 bits per heavy atom. The highest BCUT2D eigenvalue weighted by Crippen LogP contribution is 2.38. The first-order chi connectivity index (χ1) is 6.76. The molecule has 0 spiro atoms. The van der Waals surface area contributed by atoms with Gasteiger partial charge in [0, 0.05) is 7.11 Å². The van der Waals surface area contributed by atoms with Crippen LogP contribution in [0.4, 0.5) is 0 Å². The van der Waals surface area contributed by atoms with E-state index in [1.54, 1.807) is 5.57 Å². The summed E-state index contributed by atoms with van der Waals surface area (Å²) >= 11 is 0. The maximum atomic E-state index is 10.1. The first-order valence-corrected chi connectivity index (χ1v) is 5.00. The molecule has 1 unspecified atom stereocenters. The summed E-state index contributed by atoms with van der Waals surface area (Å²) in [7, 11) is 2.76. The molecule has 1 atom stereocenters. The van der Waals surface area contributed by atoms with Crippen molar-refractivity contribution in [3.05, 3.63) is 11.6 Å². The molecule has 0 aromatic rings. The van der Waals surface area contributed by atoms with Gasteiger partial charge >= 0.3 is 5.97 Å². The molecule has 2 aliphatic rings. The average Bonchev–Trinajstić information content (AvgIpc) is 2.82. The van der Waals surface area contributed by atoms with Gasteiger partial charge in [0.05, 0.1) is 7.11 Å². The van der Waals surface area contributed by atoms with E-state index in [0.29, 0.717) is 0 Å². The molecule has 0 radical (unpaired) electrons. The van der Waals surface area contributed by atoms with E-state index < -0.39 is 0 Å². The quantitative estimate of drug-likeness (QED) is 0.502. The fourth-order valence-corrected chi connectivity index (χ4v) is 1.86. The number of hydrogen-bond donors (Lipinski definition) is 0. The van der Waals surface area contributed by atoms with Crippen LogP contribution in [0.25, 0.3) is 0 Å². The first kappa shape index (κ1) is 11.2. The summed E-state index contributed by atoms with van der Waals surface area (Å²) < 4.78 is 8.65. The predicted molar refractivity (Wildman–Crippen MR) is 53.9 cm³/mol. The van der Waals surface area contributed by atoms with E-state index in [0.717, 1.165) is 5.92 Å². The van der Waals surface area contributed by atoms with Gasteiger partial charge in [0.2, 0.25) is 0 Å². The molecule has 0 aliphatic heterocycles. The van der Waals surface area contributed by atoms with Gasteiger partial charge < -0.3 is 9.47 Å². The first-order valence-electron chi connectivity index (χ1n) is 5.00. The molecule has 0 saturated heterocycles. The van der Waals surface area contributed by atoms with Crippen LogP contribution in [0.5, 0.6) is 0 Å². The van der Waals surface area contributed by atoms with E-state index in [4.69, 9.17) is 0 Å². The van der Waals surface area contributed by atoms with Crippen molar-refractivity contribution in [3.8, 4) is 0 Å². The Morgan fingerprint density at radius 2 is 2.36 bits per heavy atom. The lowest BCUT2D eigenvalue weighted by atomic mass is 10.1. The minimum absolute atomic E-state index is 0.0382. The number of esters is 1. The van der Waals surface area contributed by atoms with Gasteiger partial charge in [-0.15, -0.1) is 0 Å². The van der Waals surface area contributed by atoms with Gasteiger partial charge in [-0.05, 0) is 31.6 Å². The Bertz CT molecular complexity index is 221. The molecule has 1 saturated carbocycles. The van der Waals surface area contributed by atoms with Crippen molar-refractivity contribution in [2.75, 3.05) is 20.8 Å². The second kappa shape index (κ2) is 5.81. The molecule has 0 aromatic carbocycles. The number of rotatable bonds is 2. The highest BCUT2D eigenvalue weighted by molar-refractivity contribution is 5.70. The molecule has 0 amide bonds. The Morgan fingerprint density at radius 3 is 2.50 bits per heavy atom. The molecule has 0 heterocycles. The van der Waals surface area contributed by atoms with Crippen molar-refractivity contribution >= 4 is 5.97 Å². The van der Waals surface area contributed by atoms with E-state index in [2.05, 4.69) is 15.5 Å². The SMILES string of the molecule is C1=C2CCC(C1)C2.COCC(=O)OC. The highest BCUT2D eigenvalue weighted by Gasteiger charge is 2.22. The van der Waals surface area contributed by atoms with Crippen LogP contribution in [-0.4, -0.2) is 26.8 Å². The van der Waals surface area contributed by atoms with Crippen LogP contribution in [0, 0.1) is 5.92 Å². The number of carbonyl (C=O) groups is 1. The normalized spacial score (nSPS) is 22.4. The van der Waals surface area contributed by atoms with E-state index in [-0.39, 0.29) is 12.6 Å². The zero-order valence-electron chi connectivity index (χ0n) is 8.91. The van der Waals surface area contributed by atoms with E-state index in [1.807, 2.05) is 0 Å². The van der Waals surface area contributed by atoms with Gasteiger partial charge in [-0.1, -0.05) is 11.6 Å². The van der Waals surface area contributed by atoms with Crippen LogP contribution < -0.4 is 0 Å². The topological polar surface area (TPSA) is 35.5 Å². The minimum Gasteiger partial charge on any atom is -0.467 e. The number of hydrogen-bond acceptors (Lipinski definition) is 3. The molecule has 2 bridgehead atoms. The zero-order chi connectivity index (χ0) is 10.4. The third kappa shape index (κ3) is 3.50. The van der Waals surface area contributed by atoms with Gasteiger partial charge in [-0.3, -0.25) is 0 Å². The molecule has 1 fully saturated rings. The second-order valence-electron chi connectivity index (χ2n) is 3.72. The molecule has 3 heteroatoms. The van der Waals surface area contributed by atoms with Crippen LogP contribution in [0.1, 0.15) is 25.7 Å². The van der Waals surface area contributed by atoms with E-state index >= 15 is 0 Å². The van der Waals surface area contributed by atoms with Crippen molar-refractivity contribution in [3.63, 3.8) is 0 Å². The highest BCUT2D eigenvalue weighted by atomic mass is 16.6. The van der Waals surface area contributed by atoms with Crippen LogP contribution in [0.2, 0.25) is 0 Å². The summed E-state index contributed by atoms with van der Waals surface area (Å²) in [6.45, 7) is 0.0382. The van der Waals surface area contributed by atoms with Crippen LogP contribution in [-0.2, 0) is 14.3 Å². The van der Waals surface area contributed by atoms with Gasteiger partial charge in [-0.25, -0.2) is 4.79 Å². The minimum atomic E-state index is -0.345. The third-order valence-corrected chi connectivity index (χ3v) is 2.65. The molecule has 14 heavy (non-hydrogen) atoms. The van der Waals surface area contributed by atoms with Gasteiger partial charge in [0.25, 0.3) is 0 Å². The summed E-state index contributed by atoms with van der Waals surface area (Å²) in [5, 5.41) is 0. The van der Waals surface area contributed by atoms with E-state index in [1.165, 1.54) is 39.9 Å². The average molecular weight is 198 g/mol. The largest absolute Gasteiger partial charge is 0.467 e. The maximum absolute atomic E-state index is 10.1. The molecule has 80 valence electrons. The van der Waals surface area contributed by atoms with Crippen molar-refractivity contribution in [1.29, 1.82) is 0 Å². The third-order valence-electron chi connectivity index (χ3n) is 2.65. The van der Waals surface area contributed by atoms with Gasteiger partial charge in [0.15, 0.2) is 0 Å². The molecule has 2 aliphatic carbocycles. The Labute approximate surface area is 85.1 Å². The van der Waals surface area contributed by atoms with Gasteiger partial charge in [-0.2, -0.15) is 0 Å². The molecular weight excluding hydrogens is 180 g/mol. The predicted octanol–water partition coefficient (Wildman–Crippen LogP) is 1.92. The molecule has 0 aromatic heterocycles. The maximum Gasteiger partial charge on any atom is 0.331 e. The van der Waals surface area contributed by atoms with E-state index in [9.17, 15) is 4.79 Å². The lowest BCUT2D eigenvalue weighted by molar-refractivity contribution is -0.144. The fourth-order valence-electron chi connectivity index (χ4n) is 1.86. The molecular formula is C11H18O3. The molecule has 0 N–H and O–H groups in total. The number of ether oxygens (including phenoxy) is 2. The second-order valence-corrected chi connectivity index (χ2v) is 3.72. The number of allylic oxidation sites excluding steroid dienone is 2. The summed E-state index contributed by atoms with van der Waals surface area (Å²) in [5.74, 6) is 0.734. The fraction of sp³-hybridized carbons (Fsp3) is 0.727. The summed E-state index contributed by atoms with van der Waals surface area (Å²) in [6, 6.07) is 0. The van der Waals surface area contributed by atoms with Crippen molar-refractivity contribution in [2.24, 2.45) is 5.92 Å². The van der Waals surface area contributed by atoms with Crippen molar-refractivity contribution in [2.45, 2.75) is 25.7 Å². The zero-order valence-corrected chi connectivity index (χ0v) is 8.91. The Balaban J connectivity index is 0.000000140.